The zero-order valence-electron chi connectivity index (χ0n) is 11.1. The summed E-state index contributed by atoms with van der Waals surface area (Å²) in [7, 11) is 0. The van der Waals surface area contributed by atoms with Gasteiger partial charge in [-0.2, -0.15) is 0 Å². The van der Waals surface area contributed by atoms with E-state index < -0.39 is 5.41 Å². The lowest BCUT2D eigenvalue weighted by molar-refractivity contribution is 0.215. The molecular formula is C14H21BrO2. The SMILES string of the molecule is CC(C)(C)c1c(Br)ccc(C(C)(C)CO)c1O. The van der Waals surface area contributed by atoms with Crippen molar-refractivity contribution in [1.29, 1.82) is 0 Å². The molecule has 0 saturated heterocycles. The maximum Gasteiger partial charge on any atom is 0.124 e. The van der Waals surface area contributed by atoms with Gasteiger partial charge in [0.1, 0.15) is 5.75 Å². The fraction of sp³-hybridized carbons (Fsp3) is 0.571. The van der Waals surface area contributed by atoms with E-state index in [1.54, 1.807) is 0 Å². The highest BCUT2D eigenvalue weighted by molar-refractivity contribution is 9.10. The molecule has 0 aliphatic heterocycles. The first-order chi connectivity index (χ1) is 7.61. The van der Waals surface area contributed by atoms with Crippen LogP contribution in [-0.4, -0.2) is 16.8 Å². The van der Waals surface area contributed by atoms with Crippen molar-refractivity contribution in [3.05, 3.63) is 27.7 Å². The summed E-state index contributed by atoms with van der Waals surface area (Å²) in [6, 6.07) is 3.80. The molecule has 1 aromatic rings. The van der Waals surface area contributed by atoms with Gasteiger partial charge >= 0.3 is 0 Å². The number of aliphatic hydroxyl groups excluding tert-OH is 1. The highest BCUT2D eigenvalue weighted by Crippen LogP contribution is 2.42. The third-order valence-corrected chi connectivity index (χ3v) is 3.66. The Balaban J connectivity index is 3.50. The van der Waals surface area contributed by atoms with Crippen LogP contribution in [-0.2, 0) is 10.8 Å². The van der Waals surface area contributed by atoms with Crippen molar-refractivity contribution in [2.24, 2.45) is 0 Å². The van der Waals surface area contributed by atoms with E-state index in [-0.39, 0.29) is 17.8 Å². The first kappa shape index (κ1) is 14.5. The number of phenolic OH excluding ortho intramolecular Hbond substituents is 1. The fourth-order valence-corrected chi connectivity index (χ4v) is 2.83. The second kappa shape index (κ2) is 4.62. The molecule has 0 atom stereocenters. The molecule has 17 heavy (non-hydrogen) atoms. The number of benzene rings is 1. The van der Waals surface area contributed by atoms with Crippen molar-refractivity contribution in [3.63, 3.8) is 0 Å². The monoisotopic (exact) mass is 300 g/mol. The van der Waals surface area contributed by atoms with Crippen LogP contribution in [0.3, 0.4) is 0 Å². The minimum atomic E-state index is -0.440. The summed E-state index contributed by atoms with van der Waals surface area (Å²) < 4.78 is 0.903. The van der Waals surface area contributed by atoms with Crippen molar-refractivity contribution in [1.82, 2.24) is 0 Å². The van der Waals surface area contributed by atoms with E-state index in [9.17, 15) is 10.2 Å². The van der Waals surface area contributed by atoms with Crippen LogP contribution >= 0.6 is 15.9 Å². The van der Waals surface area contributed by atoms with Gasteiger partial charge < -0.3 is 10.2 Å². The van der Waals surface area contributed by atoms with Crippen molar-refractivity contribution in [3.8, 4) is 5.75 Å². The fourth-order valence-electron chi connectivity index (χ4n) is 1.91. The minimum absolute atomic E-state index is 0.00573. The molecule has 2 N–H and O–H groups in total. The molecule has 96 valence electrons. The zero-order chi connectivity index (χ0) is 13.4. The third kappa shape index (κ3) is 2.83. The van der Waals surface area contributed by atoms with Gasteiger partial charge in [0.2, 0.25) is 0 Å². The number of hydrogen-bond donors (Lipinski definition) is 2. The van der Waals surface area contributed by atoms with Crippen LogP contribution in [0.1, 0.15) is 45.7 Å². The summed E-state index contributed by atoms with van der Waals surface area (Å²) >= 11 is 3.48. The Morgan fingerprint density at radius 2 is 1.65 bits per heavy atom. The topological polar surface area (TPSA) is 40.5 Å². The van der Waals surface area contributed by atoms with Crippen LogP contribution < -0.4 is 0 Å². The predicted molar refractivity (Wildman–Crippen MR) is 74.6 cm³/mol. The molecule has 0 heterocycles. The summed E-state index contributed by atoms with van der Waals surface area (Å²) in [6.45, 7) is 10.0. The standard InChI is InChI=1S/C14H21BrO2/c1-13(2,3)11-10(15)7-6-9(12(11)17)14(4,5)8-16/h6-7,16-17H,8H2,1-5H3. The van der Waals surface area contributed by atoms with Gasteiger partial charge in [-0.1, -0.05) is 56.6 Å². The third-order valence-electron chi connectivity index (χ3n) is 3.00. The first-order valence-electron chi connectivity index (χ1n) is 5.74. The molecule has 0 spiro atoms. The van der Waals surface area contributed by atoms with E-state index in [4.69, 9.17) is 0 Å². The highest BCUT2D eigenvalue weighted by Gasteiger charge is 2.29. The van der Waals surface area contributed by atoms with E-state index in [0.717, 1.165) is 15.6 Å². The lowest BCUT2D eigenvalue weighted by atomic mass is 9.79. The van der Waals surface area contributed by atoms with E-state index in [1.807, 2.05) is 26.0 Å². The van der Waals surface area contributed by atoms with Gasteiger partial charge in [0.05, 0.1) is 6.61 Å². The van der Waals surface area contributed by atoms with Crippen LogP contribution in [0.15, 0.2) is 16.6 Å². The summed E-state index contributed by atoms with van der Waals surface area (Å²) in [5.41, 5.74) is 1.08. The minimum Gasteiger partial charge on any atom is -0.507 e. The number of aliphatic hydroxyl groups is 1. The summed E-state index contributed by atoms with van der Waals surface area (Å²) in [5.74, 6) is 0.283. The van der Waals surface area contributed by atoms with Crippen LogP contribution in [0.5, 0.6) is 5.75 Å². The Morgan fingerprint density at radius 1 is 1.12 bits per heavy atom. The Kier molecular flexibility index (Phi) is 3.94. The van der Waals surface area contributed by atoms with E-state index in [2.05, 4.69) is 36.7 Å². The Hall–Kier alpha value is -0.540. The molecule has 0 bridgehead atoms. The maximum atomic E-state index is 10.4. The van der Waals surface area contributed by atoms with E-state index >= 15 is 0 Å². The number of rotatable bonds is 2. The van der Waals surface area contributed by atoms with Gasteiger partial charge in [0.15, 0.2) is 0 Å². The zero-order valence-corrected chi connectivity index (χ0v) is 12.7. The molecule has 0 aromatic heterocycles. The van der Waals surface area contributed by atoms with E-state index in [0.29, 0.717) is 0 Å². The lowest BCUT2D eigenvalue weighted by Gasteiger charge is -2.29. The molecule has 0 saturated carbocycles. The molecule has 0 radical (unpaired) electrons. The molecule has 3 heteroatoms. The van der Waals surface area contributed by atoms with Crippen LogP contribution in [0, 0.1) is 0 Å². The second-order valence-corrected chi connectivity index (χ2v) is 6.96. The van der Waals surface area contributed by atoms with Crippen molar-refractivity contribution in [2.75, 3.05) is 6.61 Å². The Labute approximate surface area is 112 Å². The molecule has 0 aliphatic rings. The molecule has 0 unspecified atom stereocenters. The lowest BCUT2D eigenvalue weighted by Crippen LogP contribution is -2.24. The average Bonchev–Trinajstić information content (AvgIpc) is 2.15. The van der Waals surface area contributed by atoms with Crippen LogP contribution in [0.4, 0.5) is 0 Å². The molecular weight excluding hydrogens is 280 g/mol. The average molecular weight is 301 g/mol. The molecule has 0 amide bonds. The van der Waals surface area contributed by atoms with Gasteiger partial charge in [-0.15, -0.1) is 0 Å². The van der Waals surface area contributed by atoms with Gasteiger partial charge in [0, 0.05) is 21.0 Å². The summed E-state index contributed by atoms with van der Waals surface area (Å²) in [6.07, 6.45) is 0. The normalized spacial score (nSPS) is 12.9. The summed E-state index contributed by atoms with van der Waals surface area (Å²) in [4.78, 5) is 0. The highest BCUT2D eigenvalue weighted by atomic mass is 79.9. The molecule has 1 aromatic carbocycles. The quantitative estimate of drug-likeness (QED) is 0.874. The number of phenols is 1. The molecule has 0 fully saturated rings. The van der Waals surface area contributed by atoms with Crippen molar-refractivity contribution < 1.29 is 10.2 Å². The molecule has 2 nitrogen and oxygen atoms in total. The smallest absolute Gasteiger partial charge is 0.124 e. The Morgan fingerprint density at radius 3 is 2.06 bits per heavy atom. The van der Waals surface area contributed by atoms with Gasteiger partial charge in [0.25, 0.3) is 0 Å². The van der Waals surface area contributed by atoms with Crippen LogP contribution in [0.2, 0.25) is 0 Å². The van der Waals surface area contributed by atoms with Crippen LogP contribution in [0.25, 0.3) is 0 Å². The largest absolute Gasteiger partial charge is 0.507 e. The molecule has 1 rings (SSSR count). The first-order valence-corrected chi connectivity index (χ1v) is 6.54. The van der Waals surface area contributed by atoms with Crippen molar-refractivity contribution >= 4 is 15.9 Å². The van der Waals surface area contributed by atoms with Gasteiger partial charge in [-0.05, 0) is 11.5 Å². The predicted octanol–water partition coefficient (Wildman–Crippen LogP) is 3.72. The summed E-state index contributed by atoms with van der Waals surface area (Å²) in [5, 5.41) is 19.8. The number of aromatic hydroxyl groups is 1. The number of halogens is 1. The molecule has 0 aliphatic carbocycles. The van der Waals surface area contributed by atoms with Gasteiger partial charge in [-0.3, -0.25) is 0 Å². The van der Waals surface area contributed by atoms with Crippen molar-refractivity contribution in [2.45, 2.75) is 45.4 Å². The van der Waals surface area contributed by atoms with Gasteiger partial charge in [-0.25, -0.2) is 0 Å². The number of hydrogen-bond acceptors (Lipinski definition) is 2. The maximum absolute atomic E-state index is 10.4. The van der Waals surface area contributed by atoms with E-state index in [1.165, 1.54) is 0 Å². The Bertz CT molecular complexity index is 417. The second-order valence-electron chi connectivity index (χ2n) is 6.11.